The molecular weight excluding hydrogens is 228 g/mol. The van der Waals surface area contributed by atoms with Crippen LogP contribution in [0.3, 0.4) is 0 Å². The lowest BCUT2D eigenvalue weighted by Crippen LogP contribution is -2.11. The van der Waals surface area contributed by atoms with Gasteiger partial charge in [0.2, 0.25) is 22.7 Å². The van der Waals surface area contributed by atoms with E-state index in [0.29, 0.717) is 0 Å². The Morgan fingerprint density at radius 2 is 2.18 bits per heavy atom. The highest BCUT2D eigenvalue weighted by Crippen LogP contribution is 2.17. The van der Waals surface area contributed by atoms with E-state index in [1.54, 1.807) is 0 Å². The molecule has 17 heavy (non-hydrogen) atoms. The fraction of sp³-hybridized carbons (Fsp3) is 0.455. The van der Waals surface area contributed by atoms with Crippen LogP contribution in [-0.4, -0.2) is 27.2 Å². The van der Waals surface area contributed by atoms with Gasteiger partial charge in [-0.05, 0) is 13.3 Å². The number of Topliss-reactive ketones (excluding diaryl/α,β-unsaturated/α-hetero) is 1. The SMILES string of the molecule is CC(O)CCC(=O)c1oc(CO)cc(=O)c1O. The number of ketones is 1. The summed E-state index contributed by atoms with van der Waals surface area (Å²) in [5.41, 5.74) is -0.777. The first-order valence-electron chi connectivity index (χ1n) is 5.13. The normalized spacial score (nSPS) is 12.4. The minimum Gasteiger partial charge on any atom is -0.501 e. The average molecular weight is 242 g/mol. The third-order valence-electron chi connectivity index (χ3n) is 2.17. The molecule has 6 nitrogen and oxygen atoms in total. The summed E-state index contributed by atoms with van der Waals surface area (Å²) in [5, 5.41) is 27.2. The van der Waals surface area contributed by atoms with Crippen LogP contribution < -0.4 is 5.43 Å². The molecule has 1 atom stereocenters. The molecule has 0 bridgehead atoms. The van der Waals surface area contributed by atoms with Gasteiger partial charge >= 0.3 is 0 Å². The third kappa shape index (κ3) is 3.40. The molecule has 3 N–H and O–H groups in total. The van der Waals surface area contributed by atoms with Gasteiger partial charge in [0, 0.05) is 12.5 Å². The lowest BCUT2D eigenvalue weighted by atomic mass is 10.1. The molecule has 0 saturated heterocycles. The summed E-state index contributed by atoms with van der Waals surface area (Å²) >= 11 is 0. The molecule has 6 heteroatoms. The van der Waals surface area contributed by atoms with E-state index in [1.807, 2.05) is 0 Å². The van der Waals surface area contributed by atoms with Crippen molar-refractivity contribution in [1.82, 2.24) is 0 Å². The first kappa shape index (κ1) is 13.4. The Morgan fingerprint density at radius 3 is 2.71 bits per heavy atom. The lowest BCUT2D eigenvalue weighted by molar-refractivity contribution is 0.0909. The van der Waals surface area contributed by atoms with E-state index in [2.05, 4.69) is 0 Å². The Morgan fingerprint density at radius 1 is 1.53 bits per heavy atom. The molecule has 1 unspecified atom stereocenters. The Labute approximate surface area is 97.1 Å². The van der Waals surface area contributed by atoms with Crippen LogP contribution in [0.25, 0.3) is 0 Å². The molecule has 1 heterocycles. The van der Waals surface area contributed by atoms with E-state index in [-0.39, 0.29) is 18.6 Å². The predicted molar refractivity (Wildman–Crippen MR) is 57.8 cm³/mol. The molecule has 1 rings (SSSR count). The highest BCUT2D eigenvalue weighted by atomic mass is 16.4. The summed E-state index contributed by atoms with van der Waals surface area (Å²) < 4.78 is 4.90. The molecule has 0 spiro atoms. The molecule has 1 aromatic heterocycles. The zero-order valence-corrected chi connectivity index (χ0v) is 9.34. The highest BCUT2D eigenvalue weighted by Gasteiger charge is 2.18. The maximum absolute atomic E-state index is 11.6. The summed E-state index contributed by atoms with van der Waals surface area (Å²) in [6, 6.07) is 0.917. The monoisotopic (exact) mass is 242 g/mol. The predicted octanol–water partition coefficient (Wildman–Crippen LogP) is 0.181. The Hall–Kier alpha value is -1.66. The smallest absolute Gasteiger partial charge is 0.227 e. The second-order valence-electron chi connectivity index (χ2n) is 3.72. The standard InChI is InChI=1S/C11H14O6/c1-6(13)2-3-8(14)11-10(16)9(15)4-7(5-12)17-11/h4,6,12-13,16H,2-3,5H2,1H3. The van der Waals surface area contributed by atoms with Gasteiger partial charge < -0.3 is 19.7 Å². The second kappa shape index (κ2) is 5.60. The fourth-order valence-corrected chi connectivity index (χ4v) is 1.26. The van der Waals surface area contributed by atoms with E-state index in [9.17, 15) is 14.7 Å². The minimum absolute atomic E-state index is 0.0525. The van der Waals surface area contributed by atoms with Gasteiger partial charge in [0.1, 0.15) is 12.4 Å². The van der Waals surface area contributed by atoms with Gasteiger partial charge in [0.25, 0.3) is 0 Å². The van der Waals surface area contributed by atoms with Crippen LogP contribution in [0.1, 0.15) is 36.1 Å². The molecule has 0 aromatic carbocycles. The van der Waals surface area contributed by atoms with E-state index >= 15 is 0 Å². The number of rotatable bonds is 5. The molecule has 1 aromatic rings. The van der Waals surface area contributed by atoms with Crippen LogP contribution in [0.4, 0.5) is 0 Å². The molecular formula is C11H14O6. The average Bonchev–Trinajstić information content (AvgIpc) is 2.29. The zero-order chi connectivity index (χ0) is 13.0. The van der Waals surface area contributed by atoms with E-state index in [1.165, 1.54) is 6.92 Å². The molecule has 0 radical (unpaired) electrons. The number of hydrogen-bond acceptors (Lipinski definition) is 6. The Bertz CT molecular complexity index is 460. The fourth-order valence-electron chi connectivity index (χ4n) is 1.26. The molecule has 0 amide bonds. The van der Waals surface area contributed by atoms with Crippen LogP contribution in [0.2, 0.25) is 0 Å². The van der Waals surface area contributed by atoms with Gasteiger partial charge in [-0.2, -0.15) is 0 Å². The molecule has 0 aliphatic heterocycles. The lowest BCUT2D eigenvalue weighted by Gasteiger charge is -2.05. The van der Waals surface area contributed by atoms with Crippen LogP contribution in [-0.2, 0) is 6.61 Å². The summed E-state index contributed by atoms with van der Waals surface area (Å²) in [6.45, 7) is 0.986. The van der Waals surface area contributed by atoms with E-state index in [0.717, 1.165) is 6.07 Å². The van der Waals surface area contributed by atoms with Crippen LogP contribution in [0, 0.1) is 0 Å². The zero-order valence-electron chi connectivity index (χ0n) is 9.34. The number of aromatic hydroxyl groups is 1. The maximum Gasteiger partial charge on any atom is 0.227 e. The number of carbonyl (C=O) groups excluding carboxylic acids is 1. The molecule has 0 saturated carbocycles. The van der Waals surface area contributed by atoms with Crippen molar-refractivity contribution in [3.8, 4) is 5.75 Å². The van der Waals surface area contributed by atoms with Crippen molar-refractivity contribution in [2.24, 2.45) is 0 Å². The third-order valence-corrected chi connectivity index (χ3v) is 2.17. The minimum atomic E-state index is -0.777. The first-order valence-corrected chi connectivity index (χ1v) is 5.13. The van der Waals surface area contributed by atoms with Gasteiger partial charge in [0.05, 0.1) is 6.10 Å². The number of carbonyl (C=O) groups is 1. The highest BCUT2D eigenvalue weighted by molar-refractivity contribution is 5.95. The van der Waals surface area contributed by atoms with E-state index in [4.69, 9.17) is 14.6 Å². The van der Waals surface area contributed by atoms with Crippen molar-refractivity contribution >= 4 is 5.78 Å². The van der Waals surface area contributed by atoms with Crippen molar-refractivity contribution in [2.75, 3.05) is 0 Å². The van der Waals surface area contributed by atoms with Crippen molar-refractivity contribution in [1.29, 1.82) is 0 Å². The maximum atomic E-state index is 11.6. The number of aliphatic hydroxyl groups excluding tert-OH is 2. The van der Waals surface area contributed by atoms with Gasteiger partial charge in [-0.15, -0.1) is 0 Å². The topological polar surface area (TPSA) is 108 Å². The molecule has 0 aliphatic carbocycles. The summed E-state index contributed by atoms with van der Waals surface area (Å²) in [5.74, 6) is -1.91. The largest absolute Gasteiger partial charge is 0.501 e. The van der Waals surface area contributed by atoms with Crippen LogP contribution in [0.15, 0.2) is 15.3 Å². The first-order chi connectivity index (χ1) is 7.95. The van der Waals surface area contributed by atoms with Crippen LogP contribution in [0.5, 0.6) is 5.75 Å². The van der Waals surface area contributed by atoms with E-state index < -0.39 is 35.4 Å². The van der Waals surface area contributed by atoms with Crippen molar-refractivity contribution in [3.05, 3.63) is 27.8 Å². The van der Waals surface area contributed by atoms with Crippen molar-refractivity contribution in [2.45, 2.75) is 32.5 Å². The summed E-state index contributed by atoms with van der Waals surface area (Å²) in [4.78, 5) is 22.8. The Balaban J connectivity index is 3.00. The molecule has 94 valence electrons. The van der Waals surface area contributed by atoms with Gasteiger partial charge in [-0.1, -0.05) is 0 Å². The van der Waals surface area contributed by atoms with Crippen molar-refractivity contribution in [3.63, 3.8) is 0 Å². The molecule has 0 aliphatic rings. The number of hydrogen-bond donors (Lipinski definition) is 3. The number of aliphatic hydroxyl groups is 2. The Kier molecular flexibility index (Phi) is 4.42. The van der Waals surface area contributed by atoms with Gasteiger partial charge in [-0.25, -0.2) is 0 Å². The summed E-state index contributed by atoms with van der Waals surface area (Å²) in [6.07, 6.45) is -0.511. The quantitative estimate of drug-likeness (QED) is 0.636. The second-order valence-corrected chi connectivity index (χ2v) is 3.72. The van der Waals surface area contributed by atoms with Gasteiger partial charge in [0.15, 0.2) is 0 Å². The van der Waals surface area contributed by atoms with Crippen LogP contribution >= 0.6 is 0 Å². The molecule has 0 fully saturated rings. The summed E-state index contributed by atoms with van der Waals surface area (Å²) in [7, 11) is 0. The van der Waals surface area contributed by atoms with Crippen molar-refractivity contribution < 1.29 is 24.5 Å². The van der Waals surface area contributed by atoms with Gasteiger partial charge in [-0.3, -0.25) is 9.59 Å².